The number of aliphatic hydroxyl groups is 1. The number of benzene rings is 2. The number of fused-ring (bicyclic) bond motifs is 3. The maximum atomic E-state index is 14.1. The van der Waals surface area contributed by atoms with Gasteiger partial charge in [-0.1, -0.05) is 62.4 Å². The highest BCUT2D eigenvalue weighted by atomic mass is 16.6. The fourth-order valence-electron chi connectivity index (χ4n) is 4.82. The van der Waals surface area contributed by atoms with Gasteiger partial charge in [-0.3, -0.25) is 4.79 Å². The predicted molar refractivity (Wildman–Crippen MR) is 120 cm³/mol. The van der Waals surface area contributed by atoms with Crippen LogP contribution in [0.4, 0.5) is 0 Å². The first-order valence-electron chi connectivity index (χ1n) is 11.2. The molecule has 2 aromatic carbocycles. The normalized spacial score (nSPS) is 23.6. The summed E-state index contributed by atoms with van der Waals surface area (Å²) < 4.78 is 12.2. The van der Waals surface area contributed by atoms with E-state index < -0.39 is 11.8 Å². The minimum Gasteiger partial charge on any atom is -0.490 e. The quantitative estimate of drug-likeness (QED) is 0.751. The summed E-state index contributed by atoms with van der Waals surface area (Å²) in [6, 6.07) is 17.7. The number of carbonyl (C=O) groups excluding carboxylic acids is 1. The third-order valence-electron chi connectivity index (χ3n) is 6.50. The van der Waals surface area contributed by atoms with Crippen LogP contribution in [0.15, 0.2) is 54.6 Å². The van der Waals surface area contributed by atoms with Gasteiger partial charge in [0, 0.05) is 11.5 Å². The van der Waals surface area contributed by atoms with Crippen LogP contribution in [0.1, 0.15) is 51.3 Å². The summed E-state index contributed by atoms with van der Waals surface area (Å²) in [5, 5.41) is 10.7. The van der Waals surface area contributed by atoms with Crippen molar-refractivity contribution in [2.45, 2.75) is 64.5 Å². The van der Waals surface area contributed by atoms with Crippen LogP contribution in [0.2, 0.25) is 0 Å². The Balaban J connectivity index is 1.69. The summed E-state index contributed by atoms with van der Waals surface area (Å²) in [6.07, 6.45) is 0.266. The van der Waals surface area contributed by atoms with Gasteiger partial charge in [-0.2, -0.15) is 0 Å². The number of rotatable bonds is 6. The second-order valence-electron chi connectivity index (χ2n) is 9.54. The van der Waals surface area contributed by atoms with Crippen molar-refractivity contribution in [2.75, 3.05) is 6.61 Å². The SMILES string of the molecule is CC(C)[C@@H](O)C[C@@H](Cc1ccccc1)C(=O)N1[C@H]2c3ccccc3OC[C@H]2OC1(C)C. The predicted octanol–water partition coefficient (Wildman–Crippen LogP) is 4.35. The molecule has 5 heteroatoms. The van der Waals surface area contributed by atoms with E-state index in [9.17, 15) is 9.90 Å². The Hall–Kier alpha value is -2.37. The number of hydrogen-bond acceptors (Lipinski definition) is 4. The summed E-state index contributed by atoms with van der Waals surface area (Å²) in [5.74, 6) is 0.587. The third kappa shape index (κ3) is 4.35. The molecule has 0 bridgehead atoms. The maximum Gasteiger partial charge on any atom is 0.228 e. The number of hydrogen-bond donors (Lipinski definition) is 1. The van der Waals surface area contributed by atoms with Gasteiger partial charge in [-0.05, 0) is 44.2 Å². The van der Waals surface area contributed by atoms with E-state index in [1.54, 1.807) is 0 Å². The standard InChI is InChI=1S/C26H33NO4/c1-17(2)21(28)15-19(14-18-10-6-5-7-11-18)25(29)27-24-20-12-8-9-13-22(20)30-16-23(24)31-26(27,3)4/h5-13,17,19,21,23-24,28H,14-16H2,1-4H3/t19-,21+,23-,24+/m1/s1. The van der Waals surface area contributed by atoms with Crippen LogP contribution in [-0.2, 0) is 16.0 Å². The van der Waals surface area contributed by atoms with Crippen molar-refractivity contribution < 1.29 is 19.4 Å². The van der Waals surface area contributed by atoms with Crippen LogP contribution >= 0.6 is 0 Å². The molecule has 0 saturated carbocycles. The molecule has 0 radical (unpaired) electrons. The lowest BCUT2D eigenvalue weighted by Gasteiger charge is -2.38. The van der Waals surface area contributed by atoms with Crippen LogP contribution in [0.3, 0.4) is 0 Å². The minimum absolute atomic E-state index is 0.0257. The molecule has 2 aliphatic rings. The number of amides is 1. The smallest absolute Gasteiger partial charge is 0.228 e. The summed E-state index contributed by atoms with van der Waals surface area (Å²) in [6.45, 7) is 8.30. The van der Waals surface area contributed by atoms with Crippen molar-refractivity contribution in [3.8, 4) is 5.75 Å². The van der Waals surface area contributed by atoms with Gasteiger partial charge in [0.05, 0.1) is 12.1 Å². The molecule has 1 amide bonds. The van der Waals surface area contributed by atoms with Gasteiger partial charge in [0.15, 0.2) is 0 Å². The van der Waals surface area contributed by atoms with E-state index in [0.717, 1.165) is 16.9 Å². The Morgan fingerprint density at radius 3 is 2.52 bits per heavy atom. The number of ether oxygens (including phenoxy) is 2. The molecule has 4 atom stereocenters. The lowest BCUT2D eigenvalue weighted by molar-refractivity contribution is -0.153. The average Bonchev–Trinajstić information content (AvgIpc) is 3.03. The topological polar surface area (TPSA) is 59.0 Å². The van der Waals surface area contributed by atoms with Crippen molar-refractivity contribution in [1.29, 1.82) is 0 Å². The van der Waals surface area contributed by atoms with Gasteiger partial charge < -0.3 is 19.5 Å². The first-order valence-corrected chi connectivity index (χ1v) is 11.2. The first kappa shape index (κ1) is 21.8. The Morgan fingerprint density at radius 1 is 1.13 bits per heavy atom. The molecule has 0 aromatic heterocycles. The molecule has 1 N–H and O–H groups in total. The molecule has 166 valence electrons. The summed E-state index contributed by atoms with van der Waals surface area (Å²) in [7, 11) is 0. The van der Waals surface area contributed by atoms with Crippen molar-refractivity contribution in [3.05, 3.63) is 65.7 Å². The molecule has 31 heavy (non-hydrogen) atoms. The van der Waals surface area contributed by atoms with Crippen molar-refractivity contribution in [3.63, 3.8) is 0 Å². The highest BCUT2D eigenvalue weighted by Gasteiger charge is 2.54. The highest BCUT2D eigenvalue weighted by Crippen LogP contribution is 2.48. The summed E-state index contributed by atoms with van der Waals surface area (Å²) in [4.78, 5) is 16.0. The summed E-state index contributed by atoms with van der Waals surface area (Å²) in [5.41, 5.74) is 1.32. The summed E-state index contributed by atoms with van der Waals surface area (Å²) >= 11 is 0. The fraction of sp³-hybridized carbons (Fsp3) is 0.500. The molecule has 2 aliphatic heterocycles. The van der Waals surface area contributed by atoms with Crippen LogP contribution in [0.5, 0.6) is 5.75 Å². The molecule has 4 rings (SSSR count). The Labute approximate surface area is 185 Å². The van der Waals surface area contributed by atoms with Gasteiger partial charge in [0.2, 0.25) is 5.91 Å². The molecule has 2 aromatic rings. The van der Waals surface area contributed by atoms with E-state index in [0.29, 0.717) is 19.4 Å². The van der Waals surface area contributed by atoms with E-state index in [1.807, 2.05) is 87.2 Å². The maximum absolute atomic E-state index is 14.1. The Bertz CT molecular complexity index is 911. The van der Waals surface area contributed by atoms with Crippen molar-refractivity contribution >= 4 is 5.91 Å². The number of carbonyl (C=O) groups is 1. The molecular formula is C26H33NO4. The van der Waals surface area contributed by atoms with Gasteiger partial charge >= 0.3 is 0 Å². The number of aliphatic hydroxyl groups excluding tert-OH is 1. The average molecular weight is 424 g/mol. The van der Waals surface area contributed by atoms with Gasteiger partial charge in [-0.15, -0.1) is 0 Å². The lowest BCUT2D eigenvalue weighted by Crippen LogP contribution is -2.49. The van der Waals surface area contributed by atoms with Crippen LogP contribution < -0.4 is 4.74 Å². The van der Waals surface area contributed by atoms with Gasteiger partial charge in [-0.25, -0.2) is 0 Å². The van der Waals surface area contributed by atoms with Crippen LogP contribution in [-0.4, -0.2) is 40.5 Å². The Kier molecular flexibility index (Phi) is 6.09. The minimum atomic E-state index is -0.759. The monoisotopic (exact) mass is 423 g/mol. The largest absolute Gasteiger partial charge is 0.490 e. The van der Waals surface area contributed by atoms with Gasteiger partial charge in [0.25, 0.3) is 0 Å². The van der Waals surface area contributed by atoms with E-state index >= 15 is 0 Å². The molecule has 5 nitrogen and oxygen atoms in total. The highest BCUT2D eigenvalue weighted by molar-refractivity contribution is 5.81. The molecule has 1 fully saturated rings. The zero-order valence-corrected chi connectivity index (χ0v) is 18.8. The molecule has 0 aliphatic carbocycles. The second-order valence-corrected chi connectivity index (χ2v) is 9.54. The third-order valence-corrected chi connectivity index (χ3v) is 6.50. The number of nitrogens with zero attached hydrogens (tertiary/aromatic N) is 1. The number of para-hydroxylation sites is 1. The van der Waals surface area contributed by atoms with Crippen LogP contribution in [0.25, 0.3) is 0 Å². The molecule has 0 spiro atoms. The fourth-order valence-corrected chi connectivity index (χ4v) is 4.82. The first-order chi connectivity index (χ1) is 14.8. The second kappa shape index (κ2) is 8.64. The van der Waals surface area contributed by atoms with E-state index in [1.165, 1.54) is 0 Å². The molecule has 0 unspecified atom stereocenters. The van der Waals surface area contributed by atoms with E-state index in [-0.39, 0.29) is 29.9 Å². The van der Waals surface area contributed by atoms with Crippen LogP contribution in [0, 0.1) is 11.8 Å². The van der Waals surface area contributed by atoms with Gasteiger partial charge in [0.1, 0.15) is 24.2 Å². The Morgan fingerprint density at radius 2 is 1.81 bits per heavy atom. The molecule has 1 saturated heterocycles. The van der Waals surface area contributed by atoms with E-state index in [2.05, 4.69) is 0 Å². The van der Waals surface area contributed by atoms with Crippen molar-refractivity contribution in [2.24, 2.45) is 11.8 Å². The van der Waals surface area contributed by atoms with E-state index in [4.69, 9.17) is 9.47 Å². The molecule has 2 heterocycles. The van der Waals surface area contributed by atoms with Crippen molar-refractivity contribution in [1.82, 2.24) is 4.90 Å². The zero-order chi connectivity index (χ0) is 22.2. The lowest BCUT2D eigenvalue weighted by atomic mass is 9.87. The zero-order valence-electron chi connectivity index (χ0n) is 18.8. The molecular weight excluding hydrogens is 390 g/mol.